The molecule has 1 saturated heterocycles. The summed E-state index contributed by atoms with van der Waals surface area (Å²) < 4.78 is 11.1. The van der Waals surface area contributed by atoms with Crippen molar-refractivity contribution < 1.29 is 50.0 Å². The van der Waals surface area contributed by atoms with Crippen LogP contribution in [0.25, 0.3) is 0 Å². The Bertz CT molecular complexity index is 1090. The van der Waals surface area contributed by atoms with Crippen LogP contribution in [0, 0.1) is 0 Å². The molecule has 1 rings (SSSR count). The monoisotopic (exact) mass is 912 g/mol. The van der Waals surface area contributed by atoms with Crippen LogP contribution in [0.4, 0.5) is 0 Å². The third-order valence-electron chi connectivity index (χ3n) is 13.0. The van der Waals surface area contributed by atoms with Gasteiger partial charge in [0.25, 0.3) is 0 Å². The summed E-state index contributed by atoms with van der Waals surface area (Å²) in [5.41, 5.74) is 0. The van der Waals surface area contributed by atoms with Gasteiger partial charge in [0.15, 0.2) is 6.29 Å². The first-order chi connectivity index (χ1) is 31.2. The number of aliphatic hydroxyl groups excluding tert-OH is 7. The van der Waals surface area contributed by atoms with Crippen LogP contribution in [0.15, 0.2) is 24.3 Å². The van der Waals surface area contributed by atoms with E-state index in [2.05, 4.69) is 43.5 Å². The van der Waals surface area contributed by atoms with E-state index in [9.17, 15) is 40.5 Å². The van der Waals surface area contributed by atoms with Gasteiger partial charge in [-0.25, -0.2) is 0 Å². The molecule has 0 aromatic rings. The zero-order chi connectivity index (χ0) is 46.9. The second-order valence-electron chi connectivity index (χ2n) is 18.9. The molecule has 9 unspecified atom stereocenters. The topological polar surface area (TPSA) is 189 Å². The van der Waals surface area contributed by atoms with E-state index in [0.29, 0.717) is 12.8 Å². The highest BCUT2D eigenvalue weighted by Gasteiger charge is 2.44. The van der Waals surface area contributed by atoms with Crippen LogP contribution < -0.4 is 5.32 Å². The molecule has 9 atom stereocenters. The van der Waals surface area contributed by atoms with Crippen molar-refractivity contribution >= 4 is 5.91 Å². The van der Waals surface area contributed by atoms with Crippen molar-refractivity contribution in [3.8, 4) is 0 Å². The maximum absolute atomic E-state index is 13.1. The highest BCUT2D eigenvalue weighted by Crippen LogP contribution is 2.23. The second kappa shape index (κ2) is 42.9. The van der Waals surface area contributed by atoms with Crippen molar-refractivity contribution in [2.45, 2.75) is 294 Å². The molecule has 1 aliphatic heterocycles. The zero-order valence-corrected chi connectivity index (χ0v) is 41.0. The van der Waals surface area contributed by atoms with Crippen molar-refractivity contribution in [2.75, 3.05) is 13.2 Å². The Kier molecular flexibility index (Phi) is 40.6. The minimum Gasteiger partial charge on any atom is -0.394 e. The number of amides is 1. The molecule has 8 N–H and O–H groups in total. The standard InChI is InChI=1S/C53H101NO10/c1-3-5-7-9-11-13-15-16-17-18-19-20-21-22-23-24-25-26-27-28-29-30-31-33-34-36-38-40-45(56)48(58)44(43-63-53-51(61)50(60)49(59)47(42-55)64-53)54-52(62)46(57)41-39-37-35-32-14-12-10-8-6-4-2/h10,12,33-34,44-51,53,55-61H,3-9,11,13-32,35-43H2,1-2H3,(H,54,62)/b12-10-,34-33+. The number of allylic oxidation sites excluding steroid dienone is 4. The summed E-state index contributed by atoms with van der Waals surface area (Å²) in [5, 5.41) is 75.7. The first-order valence-corrected chi connectivity index (χ1v) is 26.7. The number of aliphatic hydroxyl groups is 7. The molecule has 378 valence electrons. The van der Waals surface area contributed by atoms with Crippen molar-refractivity contribution in [3.63, 3.8) is 0 Å². The van der Waals surface area contributed by atoms with E-state index in [-0.39, 0.29) is 12.8 Å². The van der Waals surface area contributed by atoms with Gasteiger partial charge in [-0.3, -0.25) is 4.79 Å². The molecule has 0 aliphatic carbocycles. The molecule has 11 nitrogen and oxygen atoms in total. The molecule has 0 spiro atoms. The minimum atomic E-state index is -1.67. The SMILES string of the molecule is CCCC/C=C\CCCCCCC(O)C(=O)NC(COC1OC(CO)C(O)C(O)C1O)C(O)C(O)CCC/C=C/CCCCCCCCCCCCCCCCCCCCCCCC. The molecule has 1 aliphatic rings. The summed E-state index contributed by atoms with van der Waals surface area (Å²) in [6.07, 6.45) is 38.4. The third kappa shape index (κ3) is 31.5. The van der Waals surface area contributed by atoms with Gasteiger partial charge >= 0.3 is 0 Å². The smallest absolute Gasteiger partial charge is 0.249 e. The van der Waals surface area contributed by atoms with E-state index in [1.165, 1.54) is 148 Å². The number of rotatable bonds is 45. The lowest BCUT2D eigenvalue weighted by Gasteiger charge is -2.40. The van der Waals surface area contributed by atoms with Crippen LogP contribution in [-0.4, -0.2) is 110 Å². The molecule has 0 aromatic carbocycles. The summed E-state index contributed by atoms with van der Waals surface area (Å²) in [6, 6.07) is -1.19. The molecule has 1 fully saturated rings. The molecule has 0 bridgehead atoms. The average Bonchev–Trinajstić information content (AvgIpc) is 3.29. The molecule has 64 heavy (non-hydrogen) atoms. The van der Waals surface area contributed by atoms with Crippen LogP contribution in [0.3, 0.4) is 0 Å². The van der Waals surface area contributed by atoms with E-state index < -0.39 is 74.2 Å². The van der Waals surface area contributed by atoms with Gasteiger partial charge in [-0.15, -0.1) is 0 Å². The first-order valence-electron chi connectivity index (χ1n) is 26.7. The summed E-state index contributed by atoms with van der Waals surface area (Å²) in [7, 11) is 0. The molecule has 0 saturated carbocycles. The molecule has 1 heterocycles. The number of hydrogen-bond acceptors (Lipinski definition) is 10. The second-order valence-corrected chi connectivity index (χ2v) is 18.9. The quantitative estimate of drug-likeness (QED) is 0.0216. The average molecular weight is 912 g/mol. The zero-order valence-electron chi connectivity index (χ0n) is 41.0. The van der Waals surface area contributed by atoms with Gasteiger partial charge in [-0.05, 0) is 57.8 Å². The van der Waals surface area contributed by atoms with Gasteiger partial charge in [0.1, 0.15) is 36.6 Å². The summed E-state index contributed by atoms with van der Waals surface area (Å²) >= 11 is 0. The van der Waals surface area contributed by atoms with Crippen LogP contribution >= 0.6 is 0 Å². The normalized spacial score (nSPS) is 21.2. The van der Waals surface area contributed by atoms with Crippen LogP contribution in [0.1, 0.15) is 239 Å². The Balaban J connectivity index is 2.28. The molecule has 11 heteroatoms. The van der Waals surface area contributed by atoms with Gasteiger partial charge in [0, 0.05) is 0 Å². The summed E-state index contributed by atoms with van der Waals surface area (Å²) in [5.74, 6) is -0.717. The minimum absolute atomic E-state index is 0.239. The van der Waals surface area contributed by atoms with E-state index in [0.717, 1.165) is 51.4 Å². The molecule has 1 amide bonds. The Morgan fingerprint density at radius 3 is 1.39 bits per heavy atom. The lowest BCUT2D eigenvalue weighted by atomic mass is 9.98. The lowest BCUT2D eigenvalue weighted by Crippen LogP contribution is -2.60. The van der Waals surface area contributed by atoms with E-state index in [1.54, 1.807) is 0 Å². The fraction of sp³-hybridized carbons (Fsp3) is 0.906. The van der Waals surface area contributed by atoms with Crippen LogP contribution in [0.5, 0.6) is 0 Å². The van der Waals surface area contributed by atoms with Crippen molar-refractivity contribution in [2.24, 2.45) is 0 Å². The molecule has 0 aromatic heterocycles. The number of ether oxygens (including phenoxy) is 2. The summed E-state index contributed by atoms with van der Waals surface area (Å²) in [6.45, 7) is 3.38. The van der Waals surface area contributed by atoms with Crippen LogP contribution in [0.2, 0.25) is 0 Å². The van der Waals surface area contributed by atoms with Crippen molar-refractivity contribution in [1.82, 2.24) is 5.32 Å². The van der Waals surface area contributed by atoms with Gasteiger partial charge in [-0.2, -0.15) is 0 Å². The fourth-order valence-electron chi connectivity index (χ4n) is 8.54. The number of carbonyl (C=O) groups is 1. The maximum Gasteiger partial charge on any atom is 0.249 e. The number of hydrogen-bond donors (Lipinski definition) is 8. The molecular weight excluding hydrogens is 811 g/mol. The van der Waals surface area contributed by atoms with Crippen molar-refractivity contribution in [1.29, 1.82) is 0 Å². The largest absolute Gasteiger partial charge is 0.394 e. The highest BCUT2D eigenvalue weighted by molar-refractivity contribution is 5.80. The van der Waals surface area contributed by atoms with Crippen molar-refractivity contribution in [3.05, 3.63) is 24.3 Å². The summed E-state index contributed by atoms with van der Waals surface area (Å²) in [4.78, 5) is 13.1. The molecular formula is C53H101NO10. The Morgan fingerprint density at radius 1 is 0.531 bits per heavy atom. The number of nitrogens with one attached hydrogen (secondary N) is 1. The van der Waals surface area contributed by atoms with Gasteiger partial charge in [0.05, 0.1) is 25.4 Å². The van der Waals surface area contributed by atoms with Gasteiger partial charge in [0.2, 0.25) is 5.91 Å². The maximum atomic E-state index is 13.1. The van der Waals surface area contributed by atoms with Gasteiger partial charge < -0.3 is 50.5 Å². The van der Waals surface area contributed by atoms with E-state index in [4.69, 9.17) is 9.47 Å². The predicted octanol–water partition coefficient (Wildman–Crippen LogP) is 10.2. The first kappa shape index (κ1) is 60.6. The third-order valence-corrected chi connectivity index (χ3v) is 13.0. The van der Waals surface area contributed by atoms with E-state index in [1.807, 2.05) is 0 Å². The fourth-order valence-corrected chi connectivity index (χ4v) is 8.54. The Labute approximate surface area is 391 Å². The highest BCUT2D eigenvalue weighted by atomic mass is 16.7. The van der Waals surface area contributed by atoms with Crippen LogP contribution in [-0.2, 0) is 14.3 Å². The lowest BCUT2D eigenvalue weighted by molar-refractivity contribution is -0.303. The Morgan fingerprint density at radius 2 is 0.938 bits per heavy atom. The molecule has 0 radical (unpaired) electrons. The van der Waals surface area contributed by atoms with E-state index >= 15 is 0 Å². The Hall–Kier alpha value is -1.41. The number of carbonyl (C=O) groups excluding carboxylic acids is 1. The predicted molar refractivity (Wildman–Crippen MR) is 261 cm³/mol. The van der Waals surface area contributed by atoms with Gasteiger partial charge in [-0.1, -0.05) is 205 Å². The number of unbranched alkanes of at least 4 members (excludes halogenated alkanes) is 29.